The van der Waals surface area contributed by atoms with Crippen LogP contribution in [0.15, 0.2) is 96.8 Å². The van der Waals surface area contributed by atoms with Crippen molar-refractivity contribution >= 4 is 37.8 Å². The first kappa shape index (κ1) is 84.7. The number of carboxylic acid groups (broad SMARTS) is 3. The number of benzene rings is 4. The Morgan fingerprint density at radius 2 is 0.838 bits per heavy atom. The Kier molecular flexibility index (Phi) is 27.7. The number of hydrogen-bond acceptors (Lipinski definition) is 9. The van der Waals surface area contributed by atoms with Gasteiger partial charge in [0.1, 0.15) is 6.29 Å². The molecule has 105 heavy (non-hydrogen) atoms. The number of aliphatic carboxylic acids is 3. The summed E-state index contributed by atoms with van der Waals surface area (Å²) in [7, 11) is -2.03. The molecule has 8 aliphatic carbocycles. The zero-order valence-corrected chi connectivity index (χ0v) is 68.8. The van der Waals surface area contributed by atoms with Gasteiger partial charge in [-0.2, -0.15) is 0 Å². The average molecular weight is 1460 g/mol. The van der Waals surface area contributed by atoms with E-state index in [4.69, 9.17) is 19.3 Å². The molecule has 0 amide bonds. The number of ether oxygens (including phenoxy) is 1. The van der Waals surface area contributed by atoms with Gasteiger partial charge >= 0.3 is 31.5 Å². The molecule has 0 spiro atoms. The molecule has 13 heteroatoms. The largest absolute Gasteiger partial charge is 0.481 e. The van der Waals surface area contributed by atoms with Crippen molar-refractivity contribution in [1.29, 1.82) is 0 Å². The highest BCUT2D eigenvalue weighted by Crippen LogP contribution is 2.62. The predicted molar refractivity (Wildman–Crippen MR) is 426 cm³/mol. The molecule has 0 radical (unpaired) electrons. The number of esters is 1. The van der Waals surface area contributed by atoms with Gasteiger partial charge in [0.25, 0.3) is 0 Å². The van der Waals surface area contributed by atoms with E-state index < -0.39 is 36.9 Å². The minimum absolute atomic E-state index is 0.0141. The van der Waals surface area contributed by atoms with E-state index in [9.17, 15) is 33.6 Å². The molecule has 578 valence electrons. The summed E-state index contributed by atoms with van der Waals surface area (Å²) in [6.45, 7) is 40.3. The molecular formula is C92H133O12P. The van der Waals surface area contributed by atoms with E-state index in [0.29, 0.717) is 47.8 Å². The zero-order valence-electron chi connectivity index (χ0n) is 67.9. The Balaban J connectivity index is 0.000000168. The van der Waals surface area contributed by atoms with E-state index in [1.807, 2.05) is 13.0 Å². The molecule has 4 unspecified atom stereocenters. The molecule has 0 bridgehead atoms. The first-order chi connectivity index (χ1) is 49.3. The van der Waals surface area contributed by atoms with Gasteiger partial charge in [-0.25, -0.2) is 9.59 Å². The number of carbonyl (C=O) groups is 5. The van der Waals surface area contributed by atoms with Crippen LogP contribution in [-0.4, -0.2) is 65.8 Å². The summed E-state index contributed by atoms with van der Waals surface area (Å²) in [5.74, 6) is 2.59. The van der Waals surface area contributed by atoms with Crippen LogP contribution in [0, 0.1) is 45.3 Å². The molecule has 12 atom stereocenters. The van der Waals surface area contributed by atoms with E-state index in [-0.39, 0.29) is 57.0 Å². The smallest absolute Gasteiger partial charge is 0.354 e. The molecule has 4 aromatic carbocycles. The van der Waals surface area contributed by atoms with Crippen LogP contribution < -0.4 is 0 Å². The first-order valence-electron chi connectivity index (χ1n) is 40.3. The second-order valence-corrected chi connectivity index (χ2v) is 37.9. The lowest BCUT2D eigenvalue weighted by Crippen LogP contribution is -2.52. The zero-order chi connectivity index (χ0) is 77.5. The monoisotopic (exact) mass is 1460 g/mol. The summed E-state index contributed by atoms with van der Waals surface area (Å²) in [4.78, 5) is 56.5. The second-order valence-electron chi connectivity index (χ2n) is 36.0. The van der Waals surface area contributed by atoms with Crippen molar-refractivity contribution < 1.29 is 57.6 Å². The molecule has 4 aromatic rings. The van der Waals surface area contributed by atoms with Crippen molar-refractivity contribution in [3.63, 3.8) is 0 Å². The molecule has 3 N–H and O–H groups in total. The molecule has 4 saturated carbocycles. The Morgan fingerprint density at radius 1 is 0.486 bits per heavy atom. The Bertz CT molecular complexity index is 3830. The van der Waals surface area contributed by atoms with Gasteiger partial charge in [0.05, 0.1) is 25.7 Å². The summed E-state index contributed by atoms with van der Waals surface area (Å²) in [6.07, 6.45) is 29.3. The van der Waals surface area contributed by atoms with Gasteiger partial charge in [-0.15, -0.1) is 0 Å². The van der Waals surface area contributed by atoms with Crippen molar-refractivity contribution in [2.45, 2.75) is 311 Å². The number of hydrogen-bond donors (Lipinski definition) is 3. The quantitative estimate of drug-likeness (QED) is 0.0393. The van der Waals surface area contributed by atoms with Crippen LogP contribution in [-0.2, 0) is 89.7 Å². The third kappa shape index (κ3) is 18.2. The van der Waals surface area contributed by atoms with Crippen LogP contribution in [0.5, 0.6) is 0 Å². The predicted octanol–water partition coefficient (Wildman–Crippen LogP) is 23.0. The molecule has 0 saturated heterocycles. The van der Waals surface area contributed by atoms with Crippen molar-refractivity contribution in [2.75, 3.05) is 20.3 Å². The van der Waals surface area contributed by atoms with Crippen molar-refractivity contribution in [1.82, 2.24) is 0 Å². The van der Waals surface area contributed by atoms with E-state index in [2.05, 4.69) is 181 Å². The fraction of sp³-hybridized carbons (Fsp3) is 0.641. The molecule has 0 aliphatic heterocycles. The number of aryl methyl sites for hydroxylation is 4. The maximum Gasteiger partial charge on any atom is 0.354 e. The molecule has 8 aliphatic rings. The van der Waals surface area contributed by atoms with Crippen LogP contribution in [0.3, 0.4) is 0 Å². The van der Waals surface area contributed by atoms with Gasteiger partial charge in [0.2, 0.25) is 0 Å². The van der Waals surface area contributed by atoms with E-state index in [1.165, 1.54) is 133 Å². The fourth-order valence-electron chi connectivity index (χ4n) is 22.0. The second kappa shape index (κ2) is 34.3. The summed E-state index contributed by atoms with van der Waals surface area (Å²) in [6, 6.07) is 28.2. The minimum atomic E-state index is -3.27. The maximum absolute atomic E-state index is 11.9. The molecule has 12 nitrogen and oxygen atoms in total. The van der Waals surface area contributed by atoms with Gasteiger partial charge in [-0.3, -0.25) is 14.2 Å². The third-order valence-corrected chi connectivity index (χ3v) is 29.6. The highest BCUT2D eigenvalue weighted by Gasteiger charge is 2.57. The highest BCUT2D eigenvalue weighted by molar-refractivity contribution is 7.57. The number of methoxy groups -OCH3 is 1. The van der Waals surface area contributed by atoms with Crippen LogP contribution in [0.2, 0.25) is 0 Å². The molecular weight excluding hydrogens is 1330 g/mol. The lowest BCUT2D eigenvalue weighted by molar-refractivity contribution is -0.157. The molecule has 0 heterocycles. The third-order valence-electron chi connectivity index (χ3n) is 27.9. The highest BCUT2D eigenvalue weighted by atomic mass is 31.2. The lowest BCUT2D eigenvalue weighted by atomic mass is 9.49. The molecule has 0 aromatic heterocycles. The van der Waals surface area contributed by atoms with E-state index >= 15 is 0 Å². The standard InChI is InChI=1S/C22H32O2.C22H30O2.C20H28O2.C20H28O.C8H15O5P/c2*1-15(2)16-6-8-18-17(14-16)7-9-19-21(3,13-10-20(23)24)11-5-12-22(18,19)4;1-13(2)14-6-8-16-15(12-14)7-9-17-19(16,3)10-5-11-20(17,4)18(21)22;1-14(2)15-6-8-17-16(12-15)7-9-18-19(3,13-21)10-5-11-20(17,18)4;1-4-12-14(10,13-5-2)7-6-8(9)11-3/h6,8,14-15,19H,5,7,9-13H2,1-4H3,(H,23,24);6,8,10,13-15,19H,5,7,9,11-12H2,1-4H3,(H,23,24);6,8,12-13,17H,5,7,9-11H2,1-4H3,(H,21,22);6,8,12-14,18H,5,7,9-11H2,1-4H3;6-7H,4-5H2,1-3H3/b;13-10+;;;7-6+/t2*19?,21-,22+;17?,19-,20-;18?,19-,20+;/m0010./s1. The summed E-state index contributed by atoms with van der Waals surface area (Å²) in [5.41, 5.74) is 17.8. The number of allylic oxidation sites excluding steroid dienone is 1. The summed E-state index contributed by atoms with van der Waals surface area (Å²) in [5, 5.41) is 28.0. The van der Waals surface area contributed by atoms with Crippen LogP contribution >= 0.6 is 7.60 Å². The normalized spacial score (nSPS) is 30.6. The average Bonchev–Trinajstić information content (AvgIpc) is 0.746. The molecule has 4 fully saturated rings. The van der Waals surface area contributed by atoms with Gasteiger partial charge < -0.3 is 33.9 Å². The van der Waals surface area contributed by atoms with Crippen LogP contribution in [0.1, 0.15) is 331 Å². The fourth-order valence-corrected chi connectivity index (χ4v) is 23.2. The summed E-state index contributed by atoms with van der Waals surface area (Å²) >= 11 is 0. The van der Waals surface area contributed by atoms with E-state index in [1.54, 1.807) is 25.0 Å². The summed E-state index contributed by atoms with van der Waals surface area (Å²) < 4.78 is 25.8. The van der Waals surface area contributed by atoms with Gasteiger partial charge in [-0.05, 0) is 277 Å². The molecule has 12 rings (SSSR count). The number of aldehydes is 1. The minimum Gasteiger partial charge on any atom is -0.481 e. The first-order valence-corrected chi connectivity index (χ1v) is 41.9. The number of carbonyl (C=O) groups excluding carboxylic acids is 2. The van der Waals surface area contributed by atoms with Gasteiger partial charge in [-0.1, -0.05) is 208 Å². The SMILES string of the molecule is CC(C)c1ccc2c(c1)CCC1[C@](C)(/C=C/C(=O)O)CCC[C@]21C.CC(C)c1ccc2c(c1)CCC1[C@](C)(C(=O)O)CCC[C@]21C.CC(C)c1ccc2c(c1)CCC1[C@](C)(C=O)CCC[C@]21C.CC(C)c1ccc2c(c1)CCC1[C@](C)(CCC(=O)O)CCC[C@]21C.CCOP(=O)(/C=C/C(=O)OC)OCC. The van der Waals surface area contributed by atoms with Crippen molar-refractivity contribution in [2.24, 2.45) is 45.3 Å². The van der Waals surface area contributed by atoms with E-state index in [0.717, 1.165) is 88.9 Å². The van der Waals surface area contributed by atoms with Crippen LogP contribution in [0.25, 0.3) is 0 Å². The lowest BCUT2D eigenvalue weighted by Gasteiger charge is -2.55. The topological polar surface area (TPSA) is 191 Å². The van der Waals surface area contributed by atoms with Gasteiger partial charge in [0, 0.05) is 29.8 Å². The van der Waals surface area contributed by atoms with Crippen molar-refractivity contribution in [3.8, 4) is 0 Å². The van der Waals surface area contributed by atoms with Crippen LogP contribution in [0.4, 0.5) is 0 Å². The van der Waals surface area contributed by atoms with Gasteiger partial charge in [0.15, 0.2) is 0 Å². The number of rotatable bonds is 17. The Morgan fingerprint density at radius 3 is 1.20 bits per heavy atom. The Labute approximate surface area is 632 Å². The van der Waals surface area contributed by atoms with Crippen molar-refractivity contribution in [3.05, 3.63) is 164 Å². The maximum atomic E-state index is 11.9. The number of carboxylic acids is 3. The Hall–Kier alpha value is -5.94. The number of fused-ring (bicyclic) bond motifs is 12.